The molecule has 4 aliphatic rings. The molecule has 4 rings (SSSR count). The van der Waals surface area contributed by atoms with E-state index in [4.69, 9.17) is 9.47 Å². The number of rotatable bonds is 3. The number of esters is 2. The monoisotopic (exact) mass is 448 g/mol. The molecule has 0 aromatic carbocycles. The Bertz CT molecular complexity index is 936. The van der Waals surface area contributed by atoms with Crippen molar-refractivity contribution in [3.63, 3.8) is 0 Å². The van der Waals surface area contributed by atoms with Gasteiger partial charge in [-0.2, -0.15) is 0 Å². The SMILES string of the molecule is CC(=O)OC[C@@]1(C)CCC[C@]2(C)C3=C(C(=O)[C@]4(C[C@H]4C)[C@@H](O)C3=O)[C@H](O)[C@@H](OC(C)=O)[C@@H]12. The van der Waals surface area contributed by atoms with Gasteiger partial charge in [0.1, 0.15) is 18.3 Å². The fraction of sp³-hybridized carbons (Fsp3) is 0.750. The van der Waals surface area contributed by atoms with E-state index in [9.17, 15) is 29.4 Å². The zero-order chi connectivity index (χ0) is 23.8. The summed E-state index contributed by atoms with van der Waals surface area (Å²) in [5, 5.41) is 22.3. The van der Waals surface area contributed by atoms with Crippen LogP contribution in [0, 0.1) is 28.1 Å². The van der Waals surface area contributed by atoms with Crippen LogP contribution < -0.4 is 0 Å². The topological polar surface area (TPSA) is 127 Å². The molecule has 0 unspecified atom stereocenters. The molecular weight excluding hydrogens is 416 g/mol. The van der Waals surface area contributed by atoms with E-state index >= 15 is 0 Å². The van der Waals surface area contributed by atoms with Gasteiger partial charge in [0.05, 0.1) is 12.0 Å². The van der Waals surface area contributed by atoms with Crippen molar-refractivity contribution < 1.29 is 38.9 Å². The summed E-state index contributed by atoms with van der Waals surface area (Å²) in [6, 6.07) is 0. The van der Waals surface area contributed by atoms with Gasteiger partial charge in [0.2, 0.25) is 0 Å². The lowest BCUT2D eigenvalue weighted by Crippen LogP contribution is -2.64. The molecule has 2 saturated carbocycles. The predicted molar refractivity (Wildman–Crippen MR) is 111 cm³/mol. The van der Waals surface area contributed by atoms with Crippen molar-refractivity contribution in [1.82, 2.24) is 0 Å². The minimum atomic E-state index is -1.49. The number of aliphatic hydroxyl groups excluding tert-OH is 2. The van der Waals surface area contributed by atoms with Crippen LogP contribution in [0.25, 0.3) is 0 Å². The highest BCUT2D eigenvalue weighted by Gasteiger charge is 2.72. The van der Waals surface area contributed by atoms with E-state index in [0.29, 0.717) is 25.7 Å². The van der Waals surface area contributed by atoms with E-state index in [1.165, 1.54) is 13.8 Å². The van der Waals surface area contributed by atoms with Crippen LogP contribution in [-0.2, 0) is 28.7 Å². The molecule has 0 aliphatic heterocycles. The first-order chi connectivity index (χ1) is 14.8. The standard InChI is InChI=1S/C24H32O8/c1-11-9-24(11)20(29)14-15(17(28)21(24)30)23(5)8-6-7-22(4,10-31-12(2)25)19(23)18(16(14)27)32-13(3)26/h11,16,18-19,21,27,30H,6-10H2,1-5H3/t11-,16+,18-,19+,21+,22-,23-,24-/m1/s1. The van der Waals surface area contributed by atoms with Crippen molar-refractivity contribution in [3.8, 4) is 0 Å². The van der Waals surface area contributed by atoms with Gasteiger partial charge in [-0.1, -0.05) is 27.2 Å². The van der Waals surface area contributed by atoms with Crippen LogP contribution in [0.15, 0.2) is 11.1 Å². The molecule has 2 fully saturated rings. The van der Waals surface area contributed by atoms with E-state index in [1.54, 1.807) is 6.92 Å². The van der Waals surface area contributed by atoms with Gasteiger partial charge in [-0.25, -0.2) is 0 Å². The lowest BCUT2D eigenvalue weighted by molar-refractivity contribution is -0.187. The van der Waals surface area contributed by atoms with Gasteiger partial charge in [0.15, 0.2) is 11.6 Å². The summed E-state index contributed by atoms with van der Waals surface area (Å²) in [6.07, 6.45) is -1.80. The van der Waals surface area contributed by atoms with Gasteiger partial charge < -0.3 is 19.7 Å². The third-order valence-corrected chi connectivity index (χ3v) is 8.58. The number of aliphatic hydroxyl groups is 2. The summed E-state index contributed by atoms with van der Waals surface area (Å²) in [4.78, 5) is 50.8. The first kappa shape index (κ1) is 23.1. The first-order valence-electron chi connectivity index (χ1n) is 11.3. The molecule has 0 radical (unpaired) electrons. The molecule has 0 amide bonds. The Morgan fingerprint density at radius 1 is 1.09 bits per heavy atom. The maximum Gasteiger partial charge on any atom is 0.303 e. The number of ketones is 2. The van der Waals surface area contributed by atoms with Crippen molar-refractivity contribution in [2.75, 3.05) is 6.61 Å². The van der Waals surface area contributed by atoms with E-state index < -0.39 is 64.0 Å². The number of Topliss-reactive ketones (excluding diaryl/α,β-unsaturated/α-hetero) is 2. The van der Waals surface area contributed by atoms with Gasteiger partial charge in [-0.3, -0.25) is 19.2 Å². The summed E-state index contributed by atoms with van der Waals surface area (Å²) in [5.74, 6) is -2.76. The van der Waals surface area contributed by atoms with Gasteiger partial charge >= 0.3 is 11.9 Å². The molecule has 0 aromatic heterocycles. The number of fused-ring (bicyclic) bond motifs is 2. The highest BCUT2D eigenvalue weighted by Crippen LogP contribution is 2.66. The van der Waals surface area contributed by atoms with E-state index in [1.807, 2.05) is 13.8 Å². The molecular formula is C24H32O8. The Morgan fingerprint density at radius 3 is 2.25 bits per heavy atom. The Kier molecular flexibility index (Phi) is 5.21. The van der Waals surface area contributed by atoms with Crippen molar-refractivity contribution >= 4 is 23.5 Å². The van der Waals surface area contributed by atoms with E-state index in [0.717, 1.165) is 0 Å². The third-order valence-electron chi connectivity index (χ3n) is 8.58. The minimum Gasteiger partial charge on any atom is -0.465 e. The Labute approximate surface area is 187 Å². The van der Waals surface area contributed by atoms with Crippen molar-refractivity contribution in [3.05, 3.63) is 11.1 Å². The molecule has 0 saturated heterocycles. The summed E-state index contributed by atoms with van der Waals surface area (Å²) in [7, 11) is 0. The third kappa shape index (κ3) is 2.95. The molecule has 2 N–H and O–H groups in total. The zero-order valence-electron chi connectivity index (χ0n) is 19.3. The summed E-state index contributed by atoms with van der Waals surface area (Å²) in [5.41, 5.74) is -2.69. The fourth-order valence-electron chi connectivity index (χ4n) is 7.09. The molecule has 0 bridgehead atoms. The summed E-state index contributed by atoms with van der Waals surface area (Å²) in [6.45, 7) is 8.11. The Hall–Kier alpha value is -2.06. The van der Waals surface area contributed by atoms with Crippen LogP contribution in [0.4, 0.5) is 0 Å². The minimum absolute atomic E-state index is 0.00798. The largest absolute Gasteiger partial charge is 0.465 e. The van der Waals surface area contributed by atoms with E-state index in [-0.39, 0.29) is 23.7 Å². The van der Waals surface area contributed by atoms with Gasteiger partial charge in [0, 0.05) is 41.7 Å². The van der Waals surface area contributed by atoms with Crippen LogP contribution in [-0.4, -0.2) is 58.6 Å². The predicted octanol–water partition coefficient (Wildman–Crippen LogP) is 1.50. The maximum absolute atomic E-state index is 13.6. The molecule has 4 aliphatic carbocycles. The Balaban J connectivity index is 1.91. The molecule has 32 heavy (non-hydrogen) atoms. The van der Waals surface area contributed by atoms with Crippen LogP contribution in [0.5, 0.6) is 0 Å². The second-order valence-corrected chi connectivity index (χ2v) is 10.7. The molecule has 176 valence electrons. The van der Waals surface area contributed by atoms with E-state index in [2.05, 4.69) is 0 Å². The lowest BCUT2D eigenvalue weighted by Gasteiger charge is -2.59. The number of ether oxygens (including phenoxy) is 2. The first-order valence-corrected chi connectivity index (χ1v) is 11.3. The molecule has 1 spiro atoms. The molecule has 0 heterocycles. The smallest absolute Gasteiger partial charge is 0.303 e. The second kappa shape index (κ2) is 7.22. The van der Waals surface area contributed by atoms with Crippen LogP contribution in [0.1, 0.15) is 60.3 Å². The molecule has 0 aromatic rings. The van der Waals surface area contributed by atoms with Gasteiger partial charge in [0.25, 0.3) is 0 Å². The normalized spacial score (nSPS) is 45.3. The second-order valence-electron chi connectivity index (χ2n) is 10.7. The zero-order valence-corrected chi connectivity index (χ0v) is 19.3. The summed E-state index contributed by atoms with van der Waals surface area (Å²) >= 11 is 0. The van der Waals surface area contributed by atoms with Gasteiger partial charge in [-0.05, 0) is 25.2 Å². The highest BCUT2D eigenvalue weighted by molar-refractivity contribution is 6.19. The van der Waals surface area contributed by atoms with Gasteiger partial charge in [-0.15, -0.1) is 0 Å². The van der Waals surface area contributed by atoms with Crippen molar-refractivity contribution in [1.29, 1.82) is 0 Å². The average Bonchev–Trinajstić information content (AvgIpc) is 3.37. The number of carbonyl (C=O) groups excluding carboxylic acids is 4. The van der Waals surface area contributed by atoms with Crippen LogP contribution in [0.2, 0.25) is 0 Å². The molecule has 8 nitrogen and oxygen atoms in total. The number of hydrogen-bond donors (Lipinski definition) is 2. The quantitative estimate of drug-likeness (QED) is 0.622. The van der Waals surface area contributed by atoms with Crippen molar-refractivity contribution in [2.24, 2.45) is 28.1 Å². The molecule has 8 heteroatoms. The fourth-order valence-corrected chi connectivity index (χ4v) is 7.09. The highest BCUT2D eigenvalue weighted by atomic mass is 16.6. The average molecular weight is 449 g/mol. The number of hydrogen-bond acceptors (Lipinski definition) is 8. The van der Waals surface area contributed by atoms with Crippen molar-refractivity contribution in [2.45, 2.75) is 78.6 Å². The maximum atomic E-state index is 13.6. The Morgan fingerprint density at radius 2 is 1.72 bits per heavy atom. The molecule has 8 atom stereocenters. The van der Waals surface area contributed by atoms with Crippen LogP contribution >= 0.6 is 0 Å². The summed E-state index contributed by atoms with van der Waals surface area (Å²) < 4.78 is 11.0. The van der Waals surface area contributed by atoms with Crippen LogP contribution in [0.3, 0.4) is 0 Å². The number of carbonyl (C=O) groups is 4. The lowest BCUT2D eigenvalue weighted by atomic mass is 9.46.